The average Bonchev–Trinajstić information content (AvgIpc) is 3.13. The summed E-state index contributed by atoms with van der Waals surface area (Å²) in [5.41, 5.74) is 3.18. The van der Waals surface area contributed by atoms with Crippen LogP contribution >= 0.6 is 0 Å². The fourth-order valence-electron chi connectivity index (χ4n) is 2.38. The van der Waals surface area contributed by atoms with Crippen LogP contribution in [0.3, 0.4) is 0 Å². The Labute approximate surface area is 140 Å². The van der Waals surface area contributed by atoms with Gasteiger partial charge in [-0.15, -0.1) is 0 Å². The van der Waals surface area contributed by atoms with Crippen LogP contribution in [0.25, 0.3) is 0 Å². The van der Waals surface area contributed by atoms with E-state index in [0.717, 1.165) is 11.1 Å². The van der Waals surface area contributed by atoms with Gasteiger partial charge in [-0.05, 0) is 41.5 Å². The lowest BCUT2D eigenvalue weighted by atomic mass is 10.1. The zero-order chi connectivity index (χ0) is 16.8. The highest BCUT2D eigenvalue weighted by molar-refractivity contribution is 5.94. The number of rotatable bonds is 5. The minimum atomic E-state index is -0.136. The molecule has 0 spiro atoms. The Morgan fingerprint density at radius 1 is 1.12 bits per heavy atom. The van der Waals surface area contributed by atoms with Gasteiger partial charge in [0, 0.05) is 24.5 Å². The van der Waals surface area contributed by atoms with Crippen molar-refractivity contribution in [3.8, 4) is 6.07 Å². The van der Waals surface area contributed by atoms with Crippen LogP contribution in [0.5, 0.6) is 0 Å². The van der Waals surface area contributed by atoms with Crippen molar-refractivity contribution in [2.45, 2.75) is 13.1 Å². The van der Waals surface area contributed by atoms with Crippen molar-refractivity contribution in [2.24, 2.45) is 0 Å². The molecular formula is C19H16N4O. The van der Waals surface area contributed by atoms with Crippen LogP contribution in [-0.2, 0) is 13.1 Å². The van der Waals surface area contributed by atoms with Crippen molar-refractivity contribution < 1.29 is 4.79 Å². The van der Waals surface area contributed by atoms with Crippen molar-refractivity contribution in [3.05, 3.63) is 89.2 Å². The first-order valence-corrected chi connectivity index (χ1v) is 7.58. The van der Waals surface area contributed by atoms with Crippen LogP contribution in [0.2, 0.25) is 0 Å². The zero-order valence-electron chi connectivity index (χ0n) is 13.0. The number of nitriles is 1. The fourth-order valence-corrected chi connectivity index (χ4v) is 2.38. The second-order valence-corrected chi connectivity index (χ2v) is 5.40. The van der Waals surface area contributed by atoms with Gasteiger partial charge >= 0.3 is 0 Å². The predicted octanol–water partition coefficient (Wildman–Crippen LogP) is 2.73. The lowest BCUT2D eigenvalue weighted by Crippen LogP contribution is -2.22. The maximum atomic E-state index is 12.2. The van der Waals surface area contributed by atoms with E-state index in [1.807, 2.05) is 41.2 Å². The summed E-state index contributed by atoms with van der Waals surface area (Å²) in [7, 11) is 0. The van der Waals surface area contributed by atoms with Crippen LogP contribution in [0.4, 0.5) is 0 Å². The van der Waals surface area contributed by atoms with Crippen molar-refractivity contribution in [1.29, 1.82) is 5.26 Å². The first-order chi connectivity index (χ1) is 11.7. The highest BCUT2D eigenvalue weighted by atomic mass is 16.1. The summed E-state index contributed by atoms with van der Waals surface area (Å²) in [6.45, 7) is 1.07. The number of aromatic nitrogens is 2. The number of benzene rings is 2. The third-order valence-corrected chi connectivity index (χ3v) is 3.63. The van der Waals surface area contributed by atoms with Gasteiger partial charge in [0.25, 0.3) is 5.91 Å². The molecule has 5 nitrogen and oxygen atoms in total. The molecule has 118 valence electrons. The van der Waals surface area contributed by atoms with Crippen molar-refractivity contribution in [3.63, 3.8) is 0 Å². The SMILES string of the molecule is N#Cc1cccc(CNC(=O)c2ccc(Cn3cccn3)cc2)c1. The van der Waals surface area contributed by atoms with Crippen molar-refractivity contribution in [1.82, 2.24) is 15.1 Å². The summed E-state index contributed by atoms with van der Waals surface area (Å²) >= 11 is 0. The molecule has 24 heavy (non-hydrogen) atoms. The predicted molar refractivity (Wildman–Crippen MR) is 90.1 cm³/mol. The largest absolute Gasteiger partial charge is 0.348 e. The normalized spacial score (nSPS) is 10.1. The monoisotopic (exact) mass is 316 g/mol. The summed E-state index contributed by atoms with van der Waals surface area (Å²) in [6.07, 6.45) is 3.64. The highest BCUT2D eigenvalue weighted by Crippen LogP contribution is 2.08. The Kier molecular flexibility index (Phi) is 4.68. The van der Waals surface area contributed by atoms with Crippen LogP contribution in [0.1, 0.15) is 27.0 Å². The lowest BCUT2D eigenvalue weighted by molar-refractivity contribution is 0.0951. The van der Waals surface area contributed by atoms with Gasteiger partial charge in [-0.1, -0.05) is 24.3 Å². The Morgan fingerprint density at radius 2 is 1.96 bits per heavy atom. The Balaban J connectivity index is 1.59. The molecule has 0 atom stereocenters. The number of carbonyl (C=O) groups is 1. The van der Waals surface area contributed by atoms with Gasteiger partial charge in [0.2, 0.25) is 0 Å². The molecule has 0 aliphatic heterocycles. The summed E-state index contributed by atoms with van der Waals surface area (Å²) < 4.78 is 1.83. The van der Waals surface area contributed by atoms with Crippen LogP contribution < -0.4 is 5.32 Å². The summed E-state index contributed by atoms with van der Waals surface area (Å²) in [5, 5.41) is 15.9. The standard InChI is InChI=1S/C19H16N4O/c20-12-16-3-1-4-17(11-16)13-21-19(24)18-7-5-15(6-8-18)14-23-10-2-9-22-23/h1-11H,13-14H2,(H,21,24). The molecule has 0 bridgehead atoms. The van der Waals surface area contributed by atoms with E-state index in [-0.39, 0.29) is 5.91 Å². The van der Waals surface area contributed by atoms with Gasteiger partial charge in [0.1, 0.15) is 0 Å². The zero-order valence-corrected chi connectivity index (χ0v) is 13.0. The topological polar surface area (TPSA) is 70.7 Å². The van der Waals surface area contributed by atoms with Gasteiger partial charge in [-0.3, -0.25) is 9.48 Å². The highest BCUT2D eigenvalue weighted by Gasteiger charge is 2.06. The summed E-state index contributed by atoms with van der Waals surface area (Å²) in [6, 6.07) is 18.6. The van der Waals surface area contributed by atoms with Crippen molar-refractivity contribution in [2.75, 3.05) is 0 Å². The molecule has 1 N–H and O–H groups in total. The first-order valence-electron chi connectivity index (χ1n) is 7.58. The lowest BCUT2D eigenvalue weighted by Gasteiger charge is -2.07. The van der Waals surface area contributed by atoms with E-state index in [2.05, 4.69) is 16.5 Å². The molecule has 0 aliphatic carbocycles. The minimum Gasteiger partial charge on any atom is -0.348 e. The molecule has 1 amide bonds. The van der Waals surface area contributed by atoms with E-state index >= 15 is 0 Å². The van der Waals surface area contributed by atoms with E-state index < -0.39 is 0 Å². The molecule has 0 aliphatic rings. The third-order valence-electron chi connectivity index (χ3n) is 3.63. The maximum Gasteiger partial charge on any atom is 0.251 e. The van der Waals surface area contributed by atoms with Crippen LogP contribution in [0, 0.1) is 11.3 Å². The van der Waals surface area contributed by atoms with Gasteiger partial charge in [-0.2, -0.15) is 10.4 Å². The molecule has 3 aromatic rings. The second-order valence-electron chi connectivity index (χ2n) is 5.40. The minimum absolute atomic E-state index is 0.136. The first kappa shape index (κ1) is 15.5. The van der Waals surface area contributed by atoms with Gasteiger partial charge in [0.05, 0.1) is 18.2 Å². The van der Waals surface area contributed by atoms with E-state index in [0.29, 0.717) is 24.2 Å². The quantitative estimate of drug-likeness (QED) is 0.787. The number of hydrogen-bond acceptors (Lipinski definition) is 3. The maximum absolute atomic E-state index is 12.2. The third kappa shape index (κ3) is 3.87. The summed E-state index contributed by atoms with van der Waals surface area (Å²) in [4.78, 5) is 12.2. The molecular weight excluding hydrogens is 300 g/mol. The van der Waals surface area contributed by atoms with E-state index in [1.165, 1.54) is 0 Å². The number of nitrogens with zero attached hydrogens (tertiary/aromatic N) is 3. The number of amides is 1. The average molecular weight is 316 g/mol. The van der Waals surface area contributed by atoms with Gasteiger partial charge in [-0.25, -0.2) is 0 Å². The Bertz CT molecular complexity index is 861. The molecule has 0 unspecified atom stereocenters. The molecule has 1 aromatic heterocycles. The number of hydrogen-bond donors (Lipinski definition) is 1. The Hall–Kier alpha value is -3.39. The van der Waals surface area contributed by atoms with E-state index in [1.54, 1.807) is 30.5 Å². The Morgan fingerprint density at radius 3 is 2.67 bits per heavy atom. The summed E-state index contributed by atoms with van der Waals surface area (Å²) in [5.74, 6) is -0.136. The molecule has 1 heterocycles. The number of nitrogens with one attached hydrogen (secondary N) is 1. The second kappa shape index (κ2) is 7.25. The smallest absolute Gasteiger partial charge is 0.251 e. The molecule has 0 saturated carbocycles. The molecule has 5 heteroatoms. The van der Waals surface area contributed by atoms with Crippen LogP contribution in [-0.4, -0.2) is 15.7 Å². The number of carbonyl (C=O) groups excluding carboxylic acids is 1. The molecule has 0 fully saturated rings. The van der Waals surface area contributed by atoms with E-state index in [9.17, 15) is 4.79 Å². The molecule has 2 aromatic carbocycles. The molecule has 0 saturated heterocycles. The van der Waals surface area contributed by atoms with Crippen molar-refractivity contribution >= 4 is 5.91 Å². The van der Waals surface area contributed by atoms with Gasteiger partial charge in [0.15, 0.2) is 0 Å². The molecule has 3 rings (SSSR count). The van der Waals surface area contributed by atoms with Crippen LogP contribution in [0.15, 0.2) is 67.0 Å². The van der Waals surface area contributed by atoms with Gasteiger partial charge < -0.3 is 5.32 Å². The fraction of sp³-hybridized carbons (Fsp3) is 0.105. The van der Waals surface area contributed by atoms with E-state index in [4.69, 9.17) is 5.26 Å². The molecule has 0 radical (unpaired) electrons.